The first-order chi connectivity index (χ1) is 9.77. The summed E-state index contributed by atoms with van der Waals surface area (Å²) in [6.45, 7) is 10.6. The molecule has 21 heavy (non-hydrogen) atoms. The van der Waals surface area contributed by atoms with Crippen molar-refractivity contribution in [3.63, 3.8) is 0 Å². The van der Waals surface area contributed by atoms with E-state index in [4.69, 9.17) is 4.98 Å². The van der Waals surface area contributed by atoms with Gasteiger partial charge in [0.25, 0.3) is 0 Å². The molecule has 114 valence electrons. The number of nitrogens with one attached hydrogen (secondary N) is 1. The topological polar surface area (TPSA) is 24.9 Å². The molecule has 0 amide bonds. The minimum atomic E-state index is -0.212. The standard InChI is InChI=1S/C17H23FN2S/c1-11(2)19-15(12-7-6-8-13(18)9-12)16-20-14(10-21-16)17(3,4)5/h6-11,15,19H,1-5H3. The van der Waals surface area contributed by atoms with Gasteiger partial charge in [-0.3, -0.25) is 0 Å². The lowest BCUT2D eigenvalue weighted by atomic mass is 9.93. The molecule has 0 aliphatic rings. The van der Waals surface area contributed by atoms with Gasteiger partial charge in [0.1, 0.15) is 10.8 Å². The number of benzene rings is 1. The van der Waals surface area contributed by atoms with E-state index in [-0.39, 0.29) is 17.3 Å². The Bertz CT molecular complexity index is 599. The van der Waals surface area contributed by atoms with Crippen molar-refractivity contribution in [1.29, 1.82) is 0 Å². The van der Waals surface area contributed by atoms with Gasteiger partial charge in [0, 0.05) is 16.8 Å². The highest BCUT2D eigenvalue weighted by Gasteiger charge is 2.23. The highest BCUT2D eigenvalue weighted by molar-refractivity contribution is 7.09. The Labute approximate surface area is 130 Å². The van der Waals surface area contributed by atoms with Crippen molar-refractivity contribution in [2.24, 2.45) is 0 Å². The molecule has 1 aromatic carbocycles. The molecule has 0 aliphatic carbocycles. The maximum Gasteiger partial charge on any atom is 0.123 e. The zero-order valence-electron chi connectivity index (χ0n) is 13.3. The predicted octanol–water partition coefficient (Wildman–Crippen LogP) is 4.67. The summed E-state index contributed by atoms with van der Waals surface area (Å²) in [5.74, 6) is -0.212. The highest BCUT2D eigenvalue weighted by atomic mass is 32.1. The second-order valence-electron chi connectivity index (χ2n) is 6.63. The third kappa shape index (κ3) is 4.11. The summed E-state index contributed by atoms with van der Waals surface area (Å²) < 4.78 is 13.5. The number of aromatic nitrogens is 1. The van der Waals surface area contributed by atoms with Crippen molar-refractivity contribution >= 4 is 11.3 Å². The first-order valence-electron chi connectivity index (χ1n) is 7.25. The average molecular weight is 306 g/mol. The second kappa shape index (κ2) is 6.24. The molecule has 4 heteroatoms. The maximum atomic E-state index is 13.5. The molecule has 1 atom stereocenters. The second-order valence-corrected chi connectivity index (χ2v) is 7.52. The smallest absolute Gasteiger partial charge is 0.123 e. The number of hydrogen-bond donors (Lipinski definition) is 1. The van der Waals surface area contributed by atoms with Gasteiger partial charge in [0.05, 0.1) is 11.7 Å². The maximum absolute atomic E-state index is 13.5. The molecule has 1 N–H and O–H groups in total. The van der Waals surface area contributed by atoms with Crippen LogP contribution in [-0.2, 0) is 5.41 Å². The number of nitrogens with zero attached hydrogens (tertiary/aromatic N) is 1. The fraction of sp³-hybridized carbons (Fsp3) is 0.471. The number of halogens is 1. The van der Waals surface area contributed by atoms with E-state index in [2.05, 4.69) is 45.3 Å². The van der Waals surface area contributed by atoms with Crippen LogP contribution in [0.15, 0.2) is 29.6 Å². The molecule has 0 fully saturated rings. The summed E-state index contributed by atoms with van der Waals surface area (Å²) in [7, 11) is 0. The normalized spacial score (nSPS) is 13.7. The average Bonchev–Trinajstić information content (AvgIpc) is 2.85. The van der Waals surface area contributed by atoms with Crippen molar-refractivity contribution in [2.45, 2.75) is 52.1 Å². The predicted molar refractivity (Wildman–Crippen MR) is 87.3 cm³/mol. The summed E-state index contributed by atoms with van der Waals surface area (Å²) in [5, 5.41) is 6.57. The Hall–Kier alpha value is -1.26. The summed E-state index contributed by atoms with van der Waals surface area (Å²) in [4.78, 5) is 4.77. The van der Waals surface area contributed by atoms with Crippen LogP contribution >= 0.6 is 11.3 Å². The quantitative estimate of drug-likeness (QED) is 0.888. The molecule has 0 bridgehead atoms. The van der Waals surface area contributed by atoms with Crippen LogP contribution in [0, 0.1) is 5.82 Å². The molecule has 0 saturated carbocycles. The lowest BCUT2D eigenvalue weighted by molar-refractivity contribution is 0.516. The van der Waals surface area contributed by atoms with Gasteiger partial charge >= 0.3 is 0 Å². The van der Waals surface area contributed by atoms with E-state index in [1.807, 2.05) is 6.07 Å². The van der Waals surface area contributed by atoms with Crippen LogP contribution in [0.5, 0.6) is 0 Å². The Kier molecular flexibility index (Phi) is 4.79. The van der Waals surface area contributed by atoms with E-state index in [1.165, 1.54) is 6.07 Å². The molecular formula is C17H23FN2S. The van der Waals surface area contributed by atoms with Crippen LogP contribution in [-0.4, -0.2) is 11.0 Å². The van der Waals surface area contributed by atoms with Gasteiger partial charge in [0.2, 0.25) is 0 Å². The molecule has 0 spiro atoms. The monoisotopic (exact) mass is 306 g/mol. The van der Waals surface area contributed by atoms with Crippen molar-refractivity contribution in [3.05, 3.63) is 51.7 Å². The van der Waals surface area contributed by atoms with Gasteiger partial charge in [-0.15, -0.1) is 11.3 Å². The van der Waals surface area contributed by atoms with Crippen molar-refractivity contribution in [3.8, 4) is 0 Å². The van der Waals surface area contributed by atoms with Gasteiger partial charge in [-0.25, -0.2) is 9.37 Å². The third-order valence-corrected chi connectivity index (χ3v) is 4.13. The van der Waals surface area contributed by atoms with Gasteiger partial charge < -0.3 is 5.32 Å². The molecule has 1 aromatic heterocycles. The molecule has 2 rings (SSSR count). The lowest BCUT2D eigenvalue weighted by Gasteiger charge is -2.20. The third-order valence-electron chi connectivity index (χ3n) is 3.22. The zero-order chi connectivity index (χ0) is 15.6. The molecular weight excluding hydrogens is 283 g/mol. The fourth-order valence-corrected chi connectivity index (χ4v) is 3.22. The van der Waals surface area contributed by atoms with Crippen LogP contribution in [0.4, 0.5) is 4.39 Å². The Morgan fingerprint density at radius 2 is 1.95 bits per heavy atom. The van der Waals surface area contributed by atoms with Crippen molar-refractivity contribution in [2.75, 3.05) is 0 Å². The Morgan fingerprint density at radius 1 is 1.24 bits per heavy atom. The van der Waals surface area contributed by atoms with Crippen molar-refractivity contribution < 1.29 is 4.39 Å². The zero-order valence-corrected chi connectivity index (χ0v) is 14.1. The summed E-state index contributed by atoms with van der Waals surface area (Å²) >= 11 is 1.63. The van der Waals surface area contributed by atoms with Gasteiger partial charge in [-0.1, -0.05) is 32.9 Å². The summed E-state index contributed by atoms with van der Waals surface area (Å²) in [5.41, 5.74) is 2.02. The van der Waals surface area contributed by atoms with E-state index in [0.717, 1.165) is 16.3 Å². The molecule has 2 nitrogen and oxygen atoms in total. The molecule has 1 heterocycles. The van der Waals surface area contributed by atoms with Gasteiger partial charge in [0.15, 0.2) is 0 Å². The van der Waals surface area contributed by atoms with Crippen LogP contribution in [0.25, 0.3) is 0 Å². The summed E-state index contributed by atoms with van der Waals surface area (Å²) in [6.07, 6.45) is 0. The van der Waals surface area contributed by atoms with E-state index >= 15 is 0 Å². The minimum Gasteiger partial charge on any atom is -0.302 e. The number of thiazole rings is 1. The molecule has 0 aliphatic heterocycles. The lowest BCUT2D eigenvalue weighted by Crippen LogP contribution is -2.29. The van der Waals surface area contributed by atoms with Crippen molar-refractivity contribution in [1.82, 2.24) is 10.3 Å². The van der Waals surface area contributed by atoms with E-state index in [1.54, 1.807) is 23.5 Å². The minimum absolute atomic E-state index is 0.0269. The van der Waals surface area contributed by atoms with Crippen LogP contribution in [0.1, 0.15) is 56.9 Å². The first-order valence-corrected chi connectivity index (χ1v) is 8.13. The van der Waals surface area contributed by atoms with Crippen LogP contribution in [0.3, 0.4) is 0 Å². The molecule has 1 unspecified atom stereocenters. The van der Waals surface area contributed by atoms with E-state index in [0.29, 0.717) is 6.04 Å². The van der Waals surface area contributed by atoms with E-state index < -0.39 is 0 Å². The molecule has 0 radical (unpaired) electrons. The molecule has 2 aromatic rings. The first kappa shape index (κ1) is 16.1. The largest absolute Gasteiger partial charge is 0.302 e. The Morgan fingerprint density at radius 3 is 2.48 bits per heavy atom. The van der Waals surface area contributed by atoms with Gasteiger partial charge in [-0.2, -0.15) is 0 Å². The van der Waals surface area contributed by atoms with Gasteiger partial charge in [-0.05, 0) is 31.5 Å². The summed E-state index contributed by atoms with van der Waals surface area (Å²) in [6, 6.07) is 6.97. The Balaban J connectivity index is 2.39. The van der Waals surface area contributed by atoms with Crippen LogP contribution < -0.4 is 5.32 Å². The number of rotatable bonds is 4. The highest BCUT2D eigenvalue weighted by Crippen LogP contribution is 2.30. The fourth-order valence-electron chi connectivity index (χ4n) is 2.09. The van der Waals surface area contributed by atoms with E-state index in [9.17, 15) is 4.39 Å². The number of hydrogen-bond acceptors (Lipinski definition) is 3. The molecule has 0 saturated heterocycles. The SMILES string of the molecule is CC(C)NC(c1cccc(F)c1)c1nc(C(C)(C)C)cs1. The van der Waals surface area contributed by atoms with Crippen LogP contribution in [0.2, 0.25) is 0 Å².